The molecule has 3 aromatic rings. The van der Waals surface area contributed by atoms with Gasteiger partial charge in [-0.3, -0.25) is 0 Å². The quantitative estimate of drug-likeness (QED) is 0.457. The van der Waals surface area contributed by atoms with Crippen LogP contribution < -0.4 is 5.32 Å². The fraction of sp³-hybridized carbons (Fsp3) is 0.346. The fourth-order valence-corrected chi connectivity index (χ4v) is 7.95. The highest BCUT2D eigenvalue weighted by Gasteiger charge is 2.57. The Balaban J connectivity index is 1.80. The number of rotatable bonds is 4. The van der Waals surface area contributed by atoms with Crippen LogP contribution >= 0.6 is 11.6 Å². The molecule has 5 rings (SSSR count). The van der Waals surface area contributed by atoms with Gasteiger partial charge in [0.15, 0.2) is 0 Å². The van der Waals surface area contributed by atoms with Crippen LogP contribution in [0.5, 0.6) is 5.75 Å². The van der Waals surface area contributed by atoms with Gasteiger partial charge >= 0.3 is 5.97 Å². The van der Waals surface area contributed by atoms with Gasteiger partial charge in [-0.15, -0.1) is 0 Å². The van der Waals surface area contributed by atoms with E-state index in [-0.39, 0.29) is 28.4 Å². The number of sulfone groups is 1. The lowest BCUT2D eigenvalue weighted by atomic mass is 9.83. The largest absolute Gasteiger partial charge is 0.506 e. The first-order valence-electron chi connectivity index (χ1n) is 11.4. The van der Waals surface area contributed by atoms with Crippen molar-refractivity contribution in [1.82, 2.24) is 0 Å². The van der Waals surface area contributed by atoms with Crippen molar-refractivity contribution in [1.29, 1.82) is 0 Å². The summed E-state index contributed by atoms with van der Waals surface area (Å²) >= 11 is 6.80. The van der Waals surface area contributed by atoms with Crippen molar-refractivity contribution in [2.75, 3.05) is 12.4 Å². The number of hydrogen-bond acceptors (Lipinski definition) is 6. The van der Waals surface area contributed by atoms with Crippen LogP contribution in [-0.2, 0) is 25.8 Å². The molecule has 1 heterocycles. The molecule has 0 radical (unpaired) electrons. The van der Waals surface area contributed by atoms with E-state index in [9.17, 15) is 18.3 Å². The molecule has 34 heavy (non-hydrogen) atoms. The second-order valence-corrected chi connectivity index (χ2v) is 11.6. The summed E-state index contributed by atoms with van der Waals surface area (Å²) in [6.45, 7) is 0. The number of aromatic hydroxyl groups is 1. The maximum Gasteiger partial charge on any atom is 0.348 e. The number of phenols is 1. The number of para-hydroxylation sites is 1. The number of anilines is 1. The summed E-state index contributed by atoms with van der Waals surface area (Å²) in [6.07, 6.45) is 4.58. The summed E-state index contributed by atoms with van der Waals surface area (Å²) < 4.78 is 33.9. The van der Waals surface area contributed by atoms with Gasteiger partial charge in [0.1, 0.15) is 10.6 Å². The van der Waals surface area contributed by atoms with Gasteiger partial charge in [0.25, 0.3) is 0 Å². The maximum atomic E-state index is 14.4. The van der Waals surface area contributed by atoms with Crippen LogP contribution in [0.3, 0.4) is 0 Å². The number of fused-ring (bicyclic) bond motifs is 2. The van der Waals surface area contributed by atoms with E-state index < -0.39 is 20.7 Å². The Bertz CT molecular complexity index is 1370. The Morgan fingerprint density at radius 2 is 1.71 bits per heavy atom. The van der Waals surface area contributed by atoms with Gasteiger partial charge in [-0.25, -0.2) is 13.2 Å². The van der Waals surface area contributed by atoms with E-state index in [1.807, 2.05) is 0 Å². The summed E-state index contributed by atoms with van der Waals surface area (Å²) in [5, 5.41) is 15.7. The number of carbonyl (C=O) groups is 1. The van der Waals surface area contributed by atoms with E-state index in [1.54, 1.807) is 48.5 Å². The second-order valence-electron chi connectivity index (χ2n) is 9.07. The van der Waals surface area contributed by atoms with Crippen molar-refractivity contribution in [3.05, 3.63) is 64.7 Å². The number of ether oxygens (including phenoxy) is 1. The van der Waals surface area contributed by atoms with Gasteiger partial charge in [-0.05, 0) is 30.4 Å². The van der Waals surface area contributed by atoms with Gasteiger partial charge in [0, 0.05) is 28.4 Å². The summed E-state index contributed by atoms with van der Waals surface area (Å²) in [5.41, 5.74) is 1.68. The van der Waals surface area contributed by atoms with Crippen LogP contribution in [0.1, 0.15) is 49.1 Å². The first-order chi connectivity index (χ1) is 16.3. The molecule has 0 spiro atoms. The van der Waals surface area contributed by atoms with Crippen LogP contribution in [0.15, 0.2) is 53.4 Å². The van der Waals surface area contributed by atoms with Gasteiger partial charge in [-0.1, -0.05) is 73.3 Å². The molecular weight excluding hydrogens is 474 g/mol. The molecule has 1 fully saturated rings. The Hall–Kier alpha value is -2.77. The molecule has 8 heteroatoms. The summed E-state index contributed by atoms with van der Waals surface area (Å²) in [7, 11) is -3.34. The molecule has 2 N–H and O–H groups in total. The minimum atomic E-state index is -4.51. The van der Waals surface area contributed by atoms with Gasteiger partial charge in [0.2, 0.25) is 14.7 Å². The molecular formula is C26H26ClNO5S. The second kappa shape index (κ2) is 8.47. The van der Waals surface area contributed by atoms with E-state index in [0.29, 0.717) is 27.2 Å². The fourth-order valence-electron chi connectivity index (χ4n) is 5.47. The number of esters is 1. The van der Waals surface area contributed by atoms with E-state index in [2.05, 4.69) is 5.32 Å². The Labute approximate surface area is 203 Å². The van der Waals surface area contributed by atoms with E-state index in [4.69, 9.17) is 16.3 Å². The van der Waals surface area contributed by atoms with Crippen LogP contribution in [0.2, 0.25) is 5.02 Å². The average Bonchev–Trinajstić information content (AvgIpc) is 3.26. The number of halogens is 1. The smallest absolute Gasteiger partial charge is 0.348 e. The average molecular weight is 500 g/mol. The van der Waals surface area contributed by atoms with Crippen molar-refractivity contribution in [3.63, 3.8) is 0 Å². The molecule has 0 saturated heterocycles. The molecule has 1 saturated carbocycles. The third kappa shape index (κ3) is 3.28. The number of methoxy groups -OCH3 is 1. The highest BCUT2D eigenvalue weighted by atomic mass is 35.5. The van der Waals surface area contributed by atoms with Crippen LogP contribution in [0.25, 0.3) is 10.8 Å². The molecule has 3 aromatic carbocycles. The highest BCUT2D eigenvalue weighted by molar-refractivity contribution is 7.94. The maximum absolute atomic E-state index is 14.4. The third-order valence-electron chi connectivity index (χ3n) is 7.16. The summed E-state index contributed by atoms with van der Waals surface area (Å²) in [6, 6.07) is 13.9. The standard InChI is InChI=1S/C26H26ClNO5S/c1-33-25(30)26(15-17-11-5-8-14-20(17)28-26)34(31,32)24-19-13-7-6-12-18(19)22(27)21(23(24)29)16-9-3-2-4-10-16/h5-8,11-14,16,28-29H,2-4,9-10,15H2,1H3. The lowest BCUT2D eigenvalue weighted by Crippen LogP contribution is -2.52. The van der Waals surface area contributed by atoms with Crippen molar-refractivity contribution in [2.45, 2.75) is 54.2 Å². The number of benzene rings is 3. The van der Waals surface area contributed by atoms with Crippen LogP contribution in [0, 0.1) is 0 Å². The molecule has 1 unspecified atom stereocenters. The topological polar surface area (TPSA) is 92.7 Å². The van der Waals surface area contributed by atoms with Crippen LogP contribution in [-0.4, -0.2) is 31.5 Å². The molecule has 2 aliphatic rings. The number of hydrogen-bond donors (Lipinski definition) is 2. The molecule has 1 aliphatic carbocycles. The molecule has 0 bridgehead atoms. The number of carbonyl (C=O) groups excluding carboxylic acids is 1. The normalized spacial score (nSPS) is 20.6. The van der Waals surface area contributed by atoms with E-state index in [1.165, 1.54) is 0 Å². The lowest BCUT2D eigenvalue weighted by molar-refractivity contribution is -0.142. The molecule has 178 valence electrons. The number of phenolic OH excluding ortho intramolecular Hbond substituents is 1. The van der Waals surface area contributed by atoms with Gasteiger partial charge in [-0.2, -0.15) is 0 Å². The highest BCUT2D eigenvalue weighted by Crippen LogP contribution is 2.51. The molecule has 1 aliphatic heterocycles. The predicted octanol–water partition coefficient (Wildman–Crippen LogP) is 5.56. The van der Waals surface area contributed by atoms with E-state index >= 15 is 0 Å². The Morgan fingerprint density at radius 3 is 2.38 bits per heavy atom. The molecule has 0 amide bonds. The van der Waals surface area contributed by atoms with Crippen molar-refractivity contribution in [2.24, 2.45) is 0 Å². The minimum Gasteiger partial charge on any atom is -0.506 e. The molecule has 0 aromatic heterocycles. The molecule has 6 nitrogen and oxygen atoms in total. The first-order valence-corrected chi connectivity index (χ1v) is 13.3. The zero-order valence-electron chi connectivity index (χ0n) is 18.8. The summed E-state index contributed by atoms with van der Waals surface area (Å²) in [4.78, 5) is 10.8. The predicted molar refractivity (Wildman–Crippen MR) is 132 cm³/mol. The first kappa shape index (κ1) is 23.0. The Kier molecular flexibility index (Phi) is 5.73. The lowest BCUT2D eigenvalue weighted by Gasteiger charge is -2.30. The zero-order valence-corrected chi connectivity index (χ0v) is 20.4. The number of nitrogens with one attached hydrogen (secondary N) is 1. The third-order valence-corrected chi connectivity index (χ3v) is 9.85. The Morgan fingerprint density at radius 1 is 1.06 bits per heavy atom. The van der Waals surface area contributed by atoms with Gasteiger partial charge in [0.05, 0.1) is 12.1 Å². The zero-order chi connectivity index (χ0) is 24.1. The van der Waals surface area contributed by atoms with Crippen LogP contribution in [0.4, 0.5) is 5.69 Å². The minimum absolute atomic E-state index is 0.0531. The monoisotopic (exact) mass is 499 g/mol. The van der Waals surface area contributed by atoms with Crippen molar-refractivity contribution < 1.29 is 23.1 Å². The molecule has 1 atom stereocenters. The SMILES string of the molecule is COC(=O)C1(S(=O)(=O)c2c(O)c(C3CCCCC3)c(Cl)c3ccccc23)Cc2ccccc2N1. The summed E-state index contributed by atoms with van der Waals surface area (Å²) in [5.74, 6) is -1.35. The van der Waals surface area contributed by atoms with E-state index in [0.717, 1.165) is 39.2 Å². The van der Waals surface area contributed by atoms with Gasteiger partial charge < -0.3 is 15.2 Å². The van der Waals surface area contributed by atoms with Crippen molar-refractivity contribution >= 4 is 43.9 Å². The van der Waals surface area contributed by atoms with Crippen molar-refractivity contribution in [3.8, 4) is 5.75 Å².